The largest absolute Gasteiger partial charge is 0.496 e. The van der Waals surface area contributed by atoms with Crippen molar-refractivity contribution in [2.75, 3.05) is 47.5 Å². The standard InChI is InChI=1S/C30H39N3O5.ClH/c1-36-24-18-26(37-2)25(27(19-24)38-3)21-31-16-13-30(14-17-31)28(34)32(20-23-10-7-11-23)29(35)33(30)15-12-22-8-5-4-6-9-22;/h4-6,8-9,18-19,23H,7,10-17,20-21H2,1-3H3;1H. The highest BCUT2D eigenvalue weighted by Crippen LogP contribution is 2.41. The topological polar surface area (TPSA) is 71.6 Å². The van der Waals surface area contributed by atoms with Crippen LogP contribution in [0, 0.1) is 5.92 Å². The van der Waals surface area contributed by atoms with Gasteiger partial charge in [0.05, 0.1) is 26.9 Å². The van der Waals surface area contributed by atoms with Crippen LogP contribution in [0.5, 0.6) is 17.2 Å². The van der Waals surface area contributed by atoms with Gasteiger partial charge in [-0.15, -0.1) is 12.4 Å². The molecule has 1 spiro atoms. The highest BCUT2D eigenvalue weighted by molar-refractivity contribution is 6.07. The van der Waals surface area contributed by atoms with E-state index in [4.69, 9.17) is 14.2 Å². The number of ether oxygens (including phenoxy) is 3. The summed E-state index contributed by atoms with van der Waals surface area (Å²) >= 11 is 0. The van der Waals surface area contributed by atoms with Crippen molar-refractivity contribution < 1.29 is 23.8 Å². The van der Waals surface area contributed by atoms with E-state index in [9.17, 15) is 9.59 Å². The average molecular weight is 558 g/mol. The number of halogens is 1. The average Bonchev–Trinajstić information content (AvgIpc) is 3.11. The Labute approximate surface area is 237 Å². The van der Waals surface area contributed by atoms with Crippen LogP contribution in [0.3, 0.4) is 0 Å². The second-order valence-electron chi connectivity index (χ2n) is 10.7. The van der Waals surface area contributed by atoms with Gasteiger partial charge in [-0.05, 0) is 43.6 Å². The third-order valence-electron chi connectivity index (χ3n) is 8.64. The number of urea groups is 1. The minimum atomic E-state index is -0.764. The zero-order valence-corrected chi connectivity index (χ0v) is 24.0. The van der Waals surface area contributed by atoms with Crippen molar-refractivity contribution in [3.63, 3.8) is 0 Å². The molecule has 0 bridgehead atoms. The molecule has 0 aromatic heterocycles. The van der Waals surface area contributed by atoms with Gasteiger partial charge < -0.3 is 19.1 Å². The number of benzene rings is 2. The van der Waals surface area contributed by atoms with E-state index < -0.39 is 5.54 Å². The van der Waals surface area contributed by atoms with Gasteiger partial charge in [-0.3, -0.25) is 14.6 Å². The minimum Gasteiger partial charge on any atom is -0.496 e. The molecule has 1 saturated carbocycles. The number of hydrogen-bond acceptors (Lipinski definition) is 6. The fourth-order valence-corrected chi connectivity index (χ4v) is 6.09. The van der Waals surface area contributed by atoms with Gasteiger partial charge in [-0.2, -0.15) is 0 Å². The number of piperidine rings is 1. The Hall–Kier alpha value is -2.97. The number of rotatable bonds is 10. The highest BCUT2D eigenvalue weighted by Gasteiger charge is 2.58. The summed E-state index contributed by atoms with van der Waals surface area (Å²) in [5.41, 5.74) is 1.37. The Balaban J connectivity index is 0.00000353. The van der Waals surface area contributed by atoms with Crippen molar-refractivity contribution in [1.82, 2.24) is 14.7 Å². The van der Waals surface area contributed by atoms with Crippen LogP contribution in [0.1, 0.15) is 43.2 Å². The van der Waals surface area contributed by atoms with Crippen molar-refractivity contribution in [3.8, 4) is 17.2 Å². The molecule has 0 radical (unpaired) electrons. The van der Waals surface area contributed by atoms with Crippen LogP contribution in [0.25, 0.3) is 0 Å². The van der Waals surface area contributed by atoms with E-state index in [1.165, 1.54) is 12.0 Å². The molecule has 8 nitrogen and oxygen atoms in total. The second-order valence-corrected chi connectivity index (χ2v) is 10.7. The molecule has 0 atom stereocenters. The maximum atomic E-state index is 13.9. The first-order valence-corrected chi connectivity index (χ1v) is 13.7. The fraction of sp³-hybridized carbons (Fsp3) is 0.533. The van der Waals surface area contributed by atoms with E-state index in [1.807, 2.05) is 35.2 Å². The Morgan fingerprint density at radius 3 is 2.10 bits per heavy atom. The normalized spacial score (nSPS) is 19.2. The molecule has 2 aromatic carbocycles. The Kier molecular flexibility index (Phi) is 9.28. The van der Waals surface area contributed by atoms with Crippen molar-refractivity contribution in [1.29, 1.82) is 0 Å². The lowest BCUT2D eigenvalue weighted by Gasteiger charge is -2.42. The monoisotopic (exact) mass is 557 g/mol. The molecule has 2 heterocycles. The Bertz CT molecular complexity index is 1120. The SMILES string of the molecule is COc1cc(OC)c(CN2CCC3(CC2)C(=O)N(CC2CCC2)C(=O)N3CCc2ccccc2)c(OC)c1.Cl. The van der Waals surface area contributed by atoms with Crippen LogP contribution in [-0.4, -0.2) is 79.7 Å². The fourth-order valence-electron chi connectivity index (χ4n) is 6.09. The number of hydrogen-bond donors (Lipinski definition) is 0. The summed E-state index contributed by atoms with van der Waals surface area (Å²) in [6.45, 7) is 3.15. The number of carbonyl (C=O) groups excluding carboxylic acids is 2. The quantitative estimate of drug-likeness (QED) is 0.392. The van der Waals surface area contributed by atoms with Gasteiger partial charge in [0.1, 0.15) is 22.8 Å². The molecule has 1 aliphatic carbocycles. The van der Waals surface area contributed by atoms with Crippen LogP contribution in [0.4, 0.5) is 4.79 Å². The number of nitrogens with zero attached hydrogens (tertiary/aromatic N) is 3. The summed E-state index contributed by atoms with van der Waals surface area (Å²) in [6.07, 6.45) is 5.38. The lowest BCUT2D eigenvalue weighted by atomic mass is 9.83. The van der Waals surface area contributed by atoms with E-state index >= 15 is 0 Å². The van der Waals surface area contributed by atoms with E-state index in [0.717, 1.165) is 24.8 Å². The van der Waals surface area contributed by atoms with Crippen LogP contribution in [0.15, 0.2) is 42.5 Å². The zero-order chi connectivity index (χ0) is 26.7. The lowest BCUT2D eigenvalue weighted by molar-refractivity contribution is -0.136. The molecule has 2 aromatic rings. The molecular formula is C30H40ClN3O5. The summed E-state index contributed by atoms with van der Waals surface area (Å²) in [7, 11) is 4.91. The summed E-state index contributed by atoms with van der Waals surface area (Å²) in [5, 5.41) is 0. The summed E-state index contributed by atoms with van der Waals surface area (Å²) in [4.78, 5) is 33.4. The summed E-state index contributed by atoms with van der Waals surface area (Å²) in [5.74, 6) is 2.55. The lowest BCUT2D eigenvalue weighted by Crippen LogP contribution is -2.56. The zero-order valence-electron chi connectivity index (χ0n) is 23.2. The van der Waals surface area contributed by atoms with E-state index in [2.05, 4.69) is 17.0 Å². The van der Waals surface area contributed by atoms with E-state index in [0.29, 0.717) is 68.7 Å². The Morgan fingerprint density at radius 1 is 0.923 bits per heavy atom. The van der Waals surface area contributed by atoms with Crippen LogP contribution < -0.4 is 14.2 Å². The molecule has 3 fully saturated rings. The first-order valence-electron chi connectivity index (χ1n) is 13.7. The van der Waals surface area contributed by atoms with Crippen LogP contribution in [-0.2, 0) is 17.8 Å². The second kappa shape index (κ2) is 12.5. The molecule has 0 N–H and O–H groups in total. The molecule has 3 aliphatic rings. The van der Waals surface area contributed by atoms with Crippen molar-refractivity contribution in [2.45, 2.75) is 50.6 Å². The van der Waals surface area contributed by atoms with Crippen molar-refractivity contribution >= 4 is 24.3 Å². The third kappa shape index (κ3) is 5.68. The molecule has 2 aliphatic heterocycles. The molecule has 5 rings (SSSR count). The van der Waals surface area contributed by atoms with Gasteiger partial charge in [0.25, 0.3) is 5.91 Å². The number of likely N-dealkylation sites (tertiary alicyclic amines) is 1. The van der Waals surface area contributed by atoms with Crippen molar-refractivity contribution in [2.24, 2.45) is 5.92 Å². The molecule has 0 unspecified atom stereocenters. The van der Waals surface area contributed by atoms with Crippen LogP contribution >= 0.6 is 12.4 Å². The molecule has 2 saturated heterocycles. The van der Waals surface area contributed by atoms with Gasteiger partial charge in [-0.1, -0.05) is 36.8 Å². The van der Waals surface area contributed by atoms with Gasteiger partial charge in [-0.25, -0.2) is 4.79 Å². The van der Waals surface area contributed by atoms with E-state index in [1.54, 1.807) is 26.2 Å². The minimum absolute atomic E-state index is 0. The first-order chi connectivity index (χ1) is 18.5. The van der Waals surface area contributed by atoms with Crippen molar-refractivity contribution in [3.05, 3.63) is 53.6 Å². The van der Waals surface area contributed by atoms with Crippen LogP contribution in [0.2, 0.25) is 0 Å². The maximum Gasteiger partial charge on any atom is 0.327 e. The van der Waals surface area contributed by atoms with Gasteiger partial charge in [0.15, 0.2) is 0 Å². The number of carbonyl (C=O) groups is 2. The molecular weight excluding hydrogens is 518 g/mol. The number of methoxy groups -OCH3 is 3. The predicted octanol–water partition coefficient (Wildman–Crippen LogP) is 4.78. The van der Waals surface area contributed by atoms with E-state index in [-0.39, 0.29) is 24.3 Å². The predicted molar refractivity (Wildman–Crippen MR) is 152 cm³/mol. The maximum absolute atomic E-state index is 13.9. The molecule has 39 heavy (non-hydrogen) atoms. The molecule has 212 valence electrons. The highest BCUT2D eigenvalue weighted by atomic mass is 35.5. The van der Waals surface area contributed by atoms with Gasteiger partial charge in [0.2, 0.25) is 0 Å². The Morgan fingerprint density at radius 2 is 1.56 bits per heavy atom. The number of imide groups is 1. The summed E-state index contributed by atoms with van der Waals surface area (Å²) in [6, 6.07) is 13.8. The third-order valence-corrected chi connectivity index (χ3v) is 8.64. The van der Waals surface area contributed by atoms with Gasteiger partial charge >= 0.3 is 6.03 Å². The smallest absolute Gasteiger partial charge is 0.327 e. The first kappa shape index (κ1) is 29.0. The van der Waals surface area contributed by atoms with Gasteiger partial charge in [0, 0.05) is 44.9 Å². The molecule has 3 amide bonds. The summed E-state index contributed by atoms with van der Waals surface area (Å²) < 4.78 is 16.7. The molecule has 9 heteroatoms. The number of amides is 3.